The molecule has 5 nitrogen and oxygen atoms in total. The number of benzene rings is 1. The van der Waals surface area contributed by atoms with Gasteiger partial charge in [0.1, 0.15) is 6.54 Å². The zero-order valence-corrected chi connectivity index (χ0v) is 14.2. The highest BCUT2D eigenvalue weighted by atomic mass is 16.2. The Bertz CT molecular complexity index is 695. The molecule has 1 aromatic heterocycles. The van der Waals surface area contributed by atoms with Gasteiger partial charge in [0, 0.05) is 18.2 Å². The second-order valence-corrected chi connectivity index (χ2v) is 5.84. The van der Waals surface area contributed by atoms with E-state index in [-0.39, 0.29) is 18.0 Å². The van der Waals surface area contributed by atoms with Crippen molar-refractivity contribution < 1.29 is 4.79 Å². The molecule has 24 heavy (non-hydrogen) atoms. The molecular weight excluding hydrogens is 302 g/mol. The number of hydrogen-bond donors (Lipinski definition) is 1. The number of nitrogens with zero attached hydrogens (tertiary/aromatic N) is 2. The predicted octanol–water partition coefficient (Wildman–Crippen LogP) is 3.00. The maximum absolute atomic E-state index is 12.0. The van der Waals surface area contributed by atoms with E-state index in [0.29, 0.717) is 12.2 Å². The zero-order valence-electron chi connectivity index (χ0n) is 14.2. The lowest BCUT2D eigenvalue weighted by atomic mass is 10.1. The van der Waals surface area contributed by atoms with Crippen LogP contribution in [0.5, 0.6) is 0 Å². The topological polar surface area (TPSA) is 64.0 Å². The first kappa shape index (κ1) is 17.9. The smallest absolute Gasteiger partial charge is 0.267 e. The van der Waals surface area contributed by atoms with Crippen molar-refractivity contribution in [2.24, 2.45) is 0 Å². The first-order valence-corrected chi connectivity index (χ1v) is 8.61. The van der Waals surface area contributed by atoms with Gasteiger partial charge in [-0.15, -0.1) is 0 Å². The standard InChI is InChI=1S/C19H25N3O2/c1-2-3-4-5-9-14-20-18(23)15-22-19(24)13-12-17(21-22)16-10-7-6-8-11-16/h6-8,10-13H,2-5,9,14-15H2,1H3,(H,20,23). The van der Waals surface area contributed by atoms with Crippen LogP contribution in [0.25, 0.3) is 11.3 Å². The van der Waals surface area contributed by atoms with Gasteiger partial charge >= 0.3 is 0 Å². The second kappa shape index (κ2) is 9.65. The van der Waals surface area contributed by atoms with Gasteiger partial charge in [0.2, 0.25) is 5.91 Å². The fourth-order valence-corrected chi connectivity index (χ4v) is 2.47. The van der Waals surface area contributed by atoms with Crippen molar-refractivity contribution in [3.8, 4) is 11.3 Å². The van der Waals surface area contributed by atoms with Gasteiger partial charge in [0.25, 0.3) is 5.56 Å². The molecule has 0 aliphatic carbocycles. The minimum Gasteiger partial charge on any atom is -0.354 e. The van der Waals surface area contributed by atoms with Gasteiger partial charge in [-0.3, -0.25) is 9.59 Å². The van der Waals surface area contributed by atoms with Crippen LogP contribution in [-0.2, 0) is 11.3 Å². The van der Waals surface area contributed by atoms with E-state index in [1.807, 2.05) is 30.3 Å². The molecule has 2 aromatic rings. The molecule has 0 saturated carbocycles. The Balaban J connectivity index is 1.90. The van der Waals surface area contributed by atoms with Crippen LogP contribution in [0, 0.1) is 0 Å². The molecule has 1 aromatic carbocycles. The van der Waals surface area contributed by atoms with Crippen LogP contribution in [0.4, 0.5) is 0 Å². The third-order valence-electron chi connectivity index (χ3n) is 3.83. The van der Waals surface area contributed by atoms with E-state index in [0.717, 1.165) is 18.4 Å². The van der Waals surface area contributed by atoms with Crippen LogP contribution in [0.2, 0.25) is 0 Å². The summed E-state index contributed by atoms with van der Waals surface area (Å²) in [6.45, 7) is 2.78. The van der Waals surface area contributed by atoms with Gasteiger partial charge < -0.3 is 5.32 Å². The van der Waals surface area contributed by atoms with Gasteiger partial charge in [0.05, 0.1) is 5.69 Å². The summed E-state index contributed by atoms with van der Waals surface area (Å²) in [5, 5.41) is 7.15. The van der Waals surface area contributed by atoms with E-state index in [2.05, 4.69) is 17.3 Å². The number of carbonyl (C=O) groups excluding carboxylic acids is 1. The molecule has 2 rings (SSSR count). The SMILES string of the molecule is CCCCCCCNC(=O)Cn1nc(-c2ccccc2)ccc1=O. The largest absolute Gasteiger partial charge is 0.354 e. The van der Waals surface area contributed by atoms with E-state index in [9.17, 15) is 9.59 Å². The summed E-state index contributed by atoms with van der Waals surface area (Å²) in [6.07, 6.45) is 5.73. The summed E-state index contributed by atoms with van der Waals surface area (Å²) in [5.74, 6) is -0.176. The van der Waals surface area contributed by atoms with E-state index < -0.39 is 0 Å². The Morgan fingerprint density at radius 2 is 1.79 bits per heavy atom. The maximum atomic E-state index is 12.0. The molecule has 0 aliphatic rings. The number of unbranched alkanes of at least 4 members (excludes halogenated alkanes) is 4. The van der Waals surface area contributed by atoms with Crippen molar-refractivity contribution in [2.45, 2.75) is 45.6 Å². The molecule has 0 unspecified atom stereocenters. The van der Waals surface area contributed by atoms with Crippen molar-refractivity contribution in [2.75, 3.05) is 6.54 Å². The highest BCUT2D eigenvalue weighted by Gasteiger charge is 2.07. The summed E-state index contributed by atoms with van der Waals surface area (Å²) in [5.41, 5.74) is 1.33. The average molecular weight is 327 g/mol. The van der Waals surface area contributed by atoms with Crippen molar-refractivity contribution in [1.29, 1.82) is 0 Å². The zero-order chi connectivity index (χ0) is 17.2. The Hall–Kier alpha value is -2.43. The van der Waals surface area contributed by atoms with E-state index >= 15 is 0 Å². The van der Waals surface area contributed by atoms with Crippen LogP contribution in [0.1, 0.15) is 39.0 Å². The van der Waals surface area contributed by atoms with Crippen LogP contribution < -0.4 is 10.9 Å². The minimum absolute atomic E-state index is 0.0472. The molecule has 1 heterocycles. The van der Waals surface area contributed by atoms with Crippen molar-refractivity contribution in [3.63, 3.8) is 0 Å². The average Bonchev–Trinajstić information content (AvgIpc) is 2.60. The molecule has 128 valence electrons. The molecule has 1 amide bonds. The Kier molecular flexibility index (Phi) is 7.21. The molecule has 5 heteroatoms. The lowest BCUT2D eigenvalue weighted by molar-refractivity contribution is -0.121. The van der Waals surface area contributed by atoms with E-state index in [4.69, 9.17) is 0 Å². The van der Waals surface area contributed by atoms with Crippen molar-refractivity contribution in [1.82, 2.24) is 15.1 Å². The number of aromatic nitrogens is 2. The first-order valence-electron chi connectivity index (χ1n) is 8.61. The number of amides is 1. The van der Waals surface area contributed by atoms with Gasteiger partial charge in [-0.2, -0.15) is 5.10 Å². The van der Waals surface area contributed by atoms with Gasteiger partial charge in [-0.1, -0.05) is 62.9 Å². The fraction of sp³-hybridized carbons (Fsp3) is 0.421. The normalized spacial score (nSPS) is 10.5. The number of rotatable bonds is 9. The van der Waals surface area contributed by atoms with Crippen molar-refractivity contribution in [3.05, 3.63) is 52.8 Å². The maximum Gasteiger partial charge on any atom is 0.267 e. The van der Waals surface area contributed by atoms with Crippen molar-refractivity contribution >= 4 is 5.91 Å². The quantitative estimate of drug-likeness (QED) is 0.720. The molecule has 0 spiro atoms. The first-order chi connectivity index (χ1) is 11.7. The predicted molar refractivity (Wildman–Crippen MR) is 95.7 cm³/mol. The molecule has 0 fully saturated rings. The van der Waals surface area contributed by atoms with Crippen LogP contribution in [0.15, 0.2) is 47.3 Å². The molecular formula is C19H25N3O2. The van der Waals surface area contributed by atoms with Gasteiger partial charge in [-0.05, 0) is 12.5 Å². The molecule has 0 saturated heterocycles. The summed E-state index contributed by atoms with van der Waals surface area (Å²) in [7, 11) is 0. The van der Waals surface area contributed by atoms with Crippen LogP contribution in [-0.4, -0.2) is 22.2 Å². The minimum atomic E-state index is -0.271. The van der Waals surface area contributed by atoms with Gasteiger partial charge in [-0.25, -0.2) is 4.68 Å². The number of nitrogens with one attached hydrogen (secondary N) is 1. The Morgan fingerprint density at radius 1 is 1.04 bits per heavy atom. The summed E-state index contributed by atoms with van der Waals surface area (Å²) in [4.78, 5) is 23.9. The summed E-state index contributed by atoms with van der Waals surface area (Å²) < 4.78 is 1.22. The van der Waals surface area contributed by atoms with E-state index in [1.54, 1.807) is 6.07 Å². The Morgan fingerprint density at radius 3 is 2.54 bits per heavy atom. The Labute approximate surface area is 142 Å². The highest BCUT2D eigenvalue weighted by molar-refractivity contribution is 5.75. The van der Waals surface area contributed by atoms with E-state index in [1.165, 1.54) is 30.0 Å². The van der Waals surface area contributed by atoms with Crippen LogP contribution in [0.3, 0.4) is 0 Å². The molecule has 0 radical (unpaired) electrons. The lowest BCUT2D eigenvalue weighted by Crippen LogP contribution is -2.34. The summed E-state index contributed by atoms with van der Waals surface area (Å²) >= 11 is 0. The summed E-state index contributed by atoms with van der Waals surface area (Å²) in [6, 6.07) is 12.7. The molecule has 0 bridgehead atoms. The molecule has 0 atom stereocenters. The lowest BCUT2D eigenvalue weighted by Gasteiger charge is -2.08. The fourth-order valence-electron chi connectivity index (χ4n) is 2.47. The second-order valence-electron chi connectivity index (χ2n) is 5.84. The third kappa shape index (κ3) is 5.65. The monoisotopic (exact) mass is 327 g/mol. The highest BCUT2D eigenvalue weighted by Crippen LogP contribution is 2.13. The molecule has 1 N–H and O–H groups in total. The van der Waals surface area contributed by atoms with Gasteiger partial charge in [0.15, 0.2) is 0 Å². The number of hydrogen-bond acceptors (Lipinski definition) is 3. The third-order valence-corrected chi connectivity index (χ3v) is 3.83. The van der Waals surface area contributed by atoms with Crippen LogP contribution >= 0.6 is 0 Å². The molecule has 0 aliphatic heterocycles. The number of carbonyl (C=O) groups is 1.